The fourth-order valence-electron chi connectivity index (χ4n) is 2.40. The van der Waals surface area contributed by atoms with Crippen molar-refractivity contribution in [2.45, 2.75) is 44.9 Å². The molecule has 2 heteroatoms. The van der Waals surface area contributed by atoms with Crippen molar-refractivity contribution in [1.29, 1.82) is 0 Å². The van der Waals surface area contributed by atoms with Crippen LogP contribution in [0.15, 0.2) is 0 Å². The van der Waals surface area contributed by atoms with E-state index in [1.807, 2.05) is 7.05 Å². The first-order chi connectivity index (χ1) is 7.88. The van der Waals surface area contributed by atoms with Crippen LogP contribution in [0.1, 0.15) is 44.9 Å². The molecular formula is C14H28N2. The molecule has 0 bridgehead atoms. The molecule has 0 unspecified atom stereocenters. The van der Waals surface area contributed by atoms with Crippen LogP contribution < -0.4 is 5.32 Å². The predicted octanol–water partition coefficient (Wildman–Crippen LogP) is 2.50. The maximum Gasteiger partial charge on any atom is 0.000978 e. The molecule has 1 N–H and O–H groups in total. The summed E-state index contributed by atoms with van der Waals surface area (Å²) in [7, 11) is 2.05. The van der Waals surface area contributed by atoms with E-state index in [1.165, 1.54) is 71.1 Å². The molecule has 0 aromatic carbocycles. The van der Waals surface area contributed by atoms with Gasteiger partial charge < -0.3 is 10.2 Å². The second kappa shape index (κ2) is 6.61. The van der Waals surface area contributed by atoms with Gasteiger partial charge in [-0.25, -0.2) is 0 Å². The molecule has 2 nitrogen and oxygen atoms in total. The Balaban J connectivity index is 1.53. The third kappa shape index (κ3) is 5.31. The van der Waals surface area contributed by atoms with E-state index in [9.17, 15) is 0 Å². The van der Waals surface area contributed by atoms with Gasteiger partial charge in [0.1, 0.15) is 0 Å². The van der Waals surface area contributed by atoms with Gasteiger partial charge in [-0.3, -0.25) is 0 Å². The second-order valence-electron chi connectivity index (χ2n) is 5.81. The van der Waals surface area contributed by atoms with Crippen LogP contribution in [0.25, 0.3) is 0 Å². The van der Waals surface area contributed by atoms with Crippen molar-refractivity contribution in [2.75, 3.05) is 33.2 Å². The lowest BCUT2D eigenvalue weighted by molar-refractivity contribution is 0.247. The van der Waals surface area contributed by atoms with E-state index in [2.05, 4.69) is 10.2 Å². The molecule has 0 aliphatic heterocycles. The van der Waals surface area contributed by atoms with E-state index in [-0.39, 0.29) is 0 Å². The molecule has 0 saturated heterocycles. The summed E-state index contributed by atoms with van der Waals surface area (Å²) < 4.78 is 0. The molecule has 0 spiro atoms. The zero-order valence-corrected chi connectivity index (χ0v) is 10.9. The fourth-order valence-corrected chi connectivity index (χ4v) is 2.40. The summed E-state index contributed by atoms with van der Waals surface area (Å²) >= 11 is 0. The van der Waals surface area contributed by atoms with E-state index < -0.39 is 0 Å². The molecule has 0 radical (unpaired) electrons. The normalized spacial score (nSPS) is 20.6. The van der Waals surface area contributed by atoms with Crippen LogP contribution >= 0.6 is 0 Å². The molecule has 2 aliphatic carbocycles. The van der Waals surface area contributed by atoms with Gasteiger partial charge in [0.05, 0.1) is 0 Å². The quantitative estimate of drug-likeness (QED) is 0.574. The SMILES string of the molecule is CNCCCCCN(CC1CC1)CC1CC1. The smallest absolute Gasteiger partial charge is 0.000978 e. The van der Waals surface area contributed by atoms with E-state index in [1.54, 1.807) is 0 Å². The Morgan fingerprint density at radius 3 is 2.06 bits per heavy atom. The fraction of sp³-hybridized carbons (Fsp3) is 1.00. The van der Waals surface area contributed by atoms with Gasteiger partial charge >= 0.3 is 0 Å². The van der Waals surface area contributed by atoms with Crippen LogP contribution in [-0.4, -0.2) is 38.1 Å². The van der Waals surface area contributed by atoms with Crippen LogP contribution in [-0.2, 0) is 0 Å². The van der Waals surface area contributed by atoms with Crippen molar-refractivity contribution in [3.8, 4) is 0 Å². The highest BCUT2D eigenvalue weighted by Gasteiger charge is 2.28. The van der Waals surface area contributed by atoms with Gasteiger partial charge in [0, 0.05) is 13.1 Å². The molecule has 0 aromatic heterocycles. The lowest BCUT2D eigenvalue weighted by Crippen LogP contribution is -2.29. The molecule has 2 aliphatic rings. The van der Waals surface area contributed by atoms with Gasteiger partial charge in [0.2, 0.25) is 0 Å². The van der Waals surface area contributed by atoms with Crippen molar-refractivity contribution >= 4 is 0 Å². The van der Waals surface area contributed by atoms with Crippen LogP contribution in [0, 0.1) is 11.8 Å². The number of hydrogen-bond donors (Lipinski definition) is 1. The summed E-state index contributed by atoms with van der Waals surface area (Å²) in [6, 6.07) is 0. The molecular weight excluding hydrogens is 196 g/mol. The van der Waals surface area contributed by atoms with Crippen molar-refractivity contribution < 1.29 is 0 Å². The molecule has 0 heterocycles. The van der Waals surface area contributed by atoms with Crippen LogP contribution in [0.5, 0.6) is 0 Å². The molecule has 0 atom stereocenters. The summed E-state index contributed by atoms with van der Waals surface area (Å²) in [5.41, 5.74) is 0. The average Bonchev–Trinajstić information content (AvgIpc) is 3.12. The maximum atomic E-state index is 3.23. The Morgan fingerprint density at radius 2 is 1.56 bits per heavy atom. The van der Waals surface area contributed by atoms with Gasteiger partial charge in [-0.15, -0.1) is 0 Å². The lowest BCUT2D eigenvalue weighted by Gasteiger charge is -2.22. The van der Waals surface area contributed by atoms with Crippen LogP contribution in [0.3, 0.4) is 0 Å². The van der Waals surface area contributed by atoms with Gasteiger partial charge in [0.25, 0.3) is 0 Å². The molecule has 0 aromatic rings. The second-order valence-corrected chi connectivity index (χ2v) is 5.81. The summed E-state index contributed by atoms with van der Waals surface area (Å²) in [6.45, 7) is 5.35. The minimum atomic E-state index is 1.07. The maximum absolute atomic E-state index is 3.23. The number of unbranched alkanes of at least 4 members (excludes halogenated alkanes) is 2. The Hall–Kier alpha value is -0.0800. The van der Waals surface area contributed by atoms with Crippen molar-refractivity contribution in [3.63, 3.8) is 0 Å². The zero-order chi connectivity index (χ0) is 11.2. The minimum Gasteiger partial charge on any atom is -0.320 e. The summed E-state index contributed by atoms with van der Waals surface area (Å²) in [4.78, 5) is 2.76. The Labute approximate surface area is 101 Å². The largest absolute Gasteiger partial charge is 0.320 e. The van der Waals surface area contributed by atoms with Crippen molar-refractivity contribution in [3.05, 3.63) is 0 Å². The molecule has 2 fully saturated rings. The topological polar surface area (TPSA) is 15.3 Å². The van der Waals surface area contributed by atoms with Gasteiger partial charge in [-0.1, -0.05) is 6.42 Å². The van der Waals surface area contributed by atoms with E-state index in [4.69, 9.17) is 0 Å². The summed E-state index contributed by atoms with van der Waals surface area (Å²) in [6.07, 6.45) is 10.1. The van der Waals surface area contributed by atoms with Gasteiger partial charge in [-0.05, 0) is 70.5 Å². The summed E-state index contributed by atoms with van der Waals surface area (Å²) in [5, 5.41) is 3.23. The lowest BCUT2D eigenvalue weighted by atomic mass is 10.2. The van der Waals surface area contributed by atoms with E-state index >= 15 is 0 Å². The average molecular weight is 224 g/mol. The highest BCUT2D eigenvalue weighted by Crippen LogP contribution is 2.33. The number of nitrogens with zero attached hydrogens (tertiary/aromatic N) is 1. The van der Waals surface area contributed by atoms with Crippen molar-refractivity contribution in [1.82, 2.24) is 10.2 Å². The molecule has 16 heavy (non-hydrogen) atoms. The van der Waals surface area contributed by atoms with Crippen molar-refractivity contribution in [2.24, 2.45) is 11.8 Å². The third-order valence-electron chi connectivity index (χ3n) is 3.83. The molecule has 94 valence electrons. The predicted molar refractivity (Wildman–Crippen MR) is 69.7 cm³/mol. The standard InChI is InChI=1S/C14H28N2/c1-15-9-3-2-4-10-16(11-13-5-6-13)12-14-7-8-14/h13-15H,2-12H2,1H3. The summed E-state index contributed by atoms with van der Waals surface area (Å²) in [5.74, 6) is 2.13. The van der Waals surface area contributed by atoms with Crippen LogP contribution in [0.2, 0.25) is 0 Å². The minimum absolute atomic E-state index is 1.07. The monoisotopic (exact) mass is 224 g/mol. The zero-order valence-electron chi connectivity index (χ0n) is 10.9. The Morgan fingerprint density at radius 1 is 0.938 bits per heavy atom. The molecule has 0 amide bonds. The first-order valence-corrected chi connectivity index (χ1v) is 7.25. The number of hydrogen-bond acceptors (Lipinski definition) is 2. The Bertz CT molecular complexity index is 171. The first-order valence-electron chi connectivity index (χ1n) is 7.25. The molecule has 2 rings (SSSR count). The molecule has 2 saturated carbocycles. The van der Waals surface area contributed by atoms with Crippen LogP contribution in [0.4, 0.5) is 0 Å². The van der Waals surface area contributed by atoms with Gasteiger partial charge in [-0.2, -0.15) is 0 Å². The highest BCUT2D eigenvalue weighted by molar-refractivity contribution is 4.82. The first kappa shape index (κ1) is 12.4. The third-order valence-corrected chi connectivity index (χ3v) is 3.83. The van der Waals surface area contributed by atoms with Gasteiger partial charge in [0.15, 0.2) is 0 Å². The number of nitrogens with one attached hydrogen (secondary N) is 1. The number of rotatable bonds is 10. The van der Waals surface area contributed by atoms with E-state index in [0.717, 1.165) is 11.8 Å². The van der Waals surface area contributed by atoms with E-state index in [0.29, 0.717) is 0 Å². The highest BCUT2D eigenvalue weighted by atomic mass is 15.1. The Kier molecular flexibility index (Phi) is 5.11.